The maximum absolute atomic E-state index is 5.20. The number of rotatable bonds is 0. The third-order valence-corrected chi connectivity index (χ3v) is 3.44. The topological polar surface area (TPSA) is 26.0 Å². The number of aryl methyl sites for hydroxylation is 1. The zero-order valence-corrected chi connectivity index (χ0v) is 9.31. The largest absolute Gasteiger partial charge is 0.470 e. The fourth-order valence-electron chi connectivity index (χ4n) is 2.59. The van der Waals surface area contributed by atoms with Crippen molar-refractivity contribution >= 4 is 27.9 Å². The summed E-state index contributed by atoms with van der Waals surface area (Å²) in [5, 5.41) is 2.35. The van der Waals surface area contributed by atoms with Crippen LogP contribution in [0.25, 0.3) is 27.9 Å². The lowest BCUT2D eigenvalue weighted by atomic mass is 9.93. The number of furan rings is 1. The highest BCUT2D eigenvalue weighted by molar-refractivity contribution is 5.95. The lowest BCUT2D eigenvalue weighted by Crippen LogP contribution is -1.96. The van der Waals surface area contributed by atoms with Crippen LogP contribution in [-0.2, 0) is 6.42 Å². The first-order chi connectivity index (χ1) is 8.42. The van der Waals surface area contributed by atoms with Crippen LogP contribution in [0, 0.1) is 0 Å². The summed E-state index contributed by atoms with van der Waals surface area (Å²) in [5.41, 5.74) is 4.74. The number of fused-ring (bicyclic) bond motifs is 4. The molecule has 82 valence electrons. The molecule has 0 fully saturated rings. The number of nitrogens with zero attached hydrogens (tertiary/aromatic N) is 1. The van der Waals surface area contributed by atoms with Gasteiger partial charge in [0.05, 0.1) is 11.8 Å². The second kappa shape index (κ2) is 3.20. The molecule has 0 atom stereocenters. The Morgan fingerprint density at radius 2 is 2.12 bits per heavy atom. The maximum atomic E-state index is 5.20. The number of hydrogen-bond acceptors (Lipinski definition) is 2. The van der Waals surface area contributed by atoms with Crippen molar-refractivity contribution in [3.8, 4) is 0 Å². The van der Waals surface area contributed by atoms with Crippen molar-refractivity contribution in [2.75, 3.05) is 0 Å². The van der Waals surface area contributed by atoms with Crippen LogP contribution >= 0.6 is 0 Å². The molecule has 0 unspecified atom stereocenters. The third kappa shape index (κ3) is 1.24. The summed E-state index contributed by atoms with van der Waals surface area (Å²) in [5.74, 6) is 0. The molecule has 2 heteroatoms. The summed E-state index contributed by atoms with van der Waals surface area (Å²) in [7, 11) is 0. The highest BCUT2D eigenvalue weighted by Crippen LogP contribution is 2.29. The first kappa shape index (κ1) is 8.99. The second-order valence-electron chi connectivity index (χ2n) is 4.48. The van der Waals surface area contributed by atoms with E-state index in [-0.39, 0.29) is 0 Å². The summed E-state index contributed by atoms with van der Waals surface area (Å²) >= 11 is 0. The van der Waals surface area contributed by atoms with E-state index in [0.29, 0.717) is 0 Å². The van der Waals surface area contributed by atoms with Gasteiger partial charge in [-0.1, -0.05) is 18.2 Å². The average molecular weight is 221 g/mol. The molecule has 2 aromatic heterocycles. The summed E-state index contributed by atoms with van der Waals surface area (Å²) in [6.45, 7) is 0. The van der Waals surface area contributed by atoms with Crippen molar-refractivity contribution in [1.29, 1.82) is 0 Å². The van der Waals surface area contributed by atoms with E-state index in [1.54, 1.807) is 12.5 Å². The van der Waals surface area contributed by atoms with E-state index in [9.17, 15) is 0 Å². The normalized spacial score (nSPS) is 14.4. The van der Waals surface area contributed by atoms with Gasteiger partial charge in [-0.2, -0.15) is 0 Å². The molecule has 0 spiro atoms. The number of hydrogen-bond donors (Lipinski definition) is 0. The lowest BCUT2D eigenvalue weighted by molar-refractivity contribution is 0.572. The minimum atomic E-state index is 0.934. The Balaban J connectivity index is 2.17. The van der Waals surface area contributed by atoms with E-state index in [1.165, 1.54) is 16.5 Å². The maximum Gasteiger partial charge on any atom is 0.117 e. The molecule has 0 radical (unpaired) electrons. The van der Waals surface area contributed by atoms with Gasteiger partial charge in [0.1, 0.15) is 11.8 Å². The average Bonchev–Trinajstić information content (AvgIpc) is 2.83. The highest BCUT2D eigenvalue weighted by Gasteiger charge is 2.10. The Bertz CT molecular complexity index is 752. The van der Waals surface area contributed by atoms with Crippen LogP contribution in [0.4, 0.5) is 0 Å². The quantitative estimate of drug-likeness (QED) is 0.574. The predicted molar refractivity (Wildman–Crippen MR) is 68.9 cm³/mol. The van der Waals surface area contributed by atoms with Crippen LogP contribution < -0.4 is 0 Å². The van der Waals surface area contributed by atoms with Crippen LogP contribution in [0.1, 0.15) is 17.5 Å². The molecule has 1 aromatic carbocycles. The number of aromatic nitrogens is 1. The SMILES string of the molecule is C1=Cc2ccc3nc4cocc4cc3c2CC1. The first-order valence-electron chi connectivity index (χ1n) is 5.87. The van der Waals surface area contributed by atoms with Gasteiger partial charge in [0, 0.05) is 10.8 Å². The fourth-order valence-corrected chi connectivity index (χ4v) is 2.59. The van der Waals surface area contributed by atoms with Crippen molar-refractivity contribution in [1.82, 2.24) is 4.98 Å². The van der Waals surface area contributed by atoms with E-state index in [0.717, 1.165) is 29.3 Å². The molecule has 0 N–H and O–H groups in total. The summed E-state index contributed by atoms with van der Waals surface area (Å²) in [6, 6.07) is 6.45. The van der Waals surface area contributed by atoms with Gasteiger partial charge >= 0.3 is 0 Å². The Kier molecular flexibility index (Phi) is 1.69. The lowest BCUT2D eigenvalue weighted by Gasteiger charge is -2.13. The van der Waals surface area contributed by atoms with Crippen molar-refractivity contribution in [2.45, 2.75) is 12.8 Å². The van der Waals surface area contributed by atoms with Crippen LogP contribution in [0.5, 0.6) is 0 Å². The minimum absolute atomic E-state index is 0.934. The molecule has 0 aliphatic heterocycles. The highest BCUT2D eigenvalue weighted by atomic mass is 16.3. The molecule has 0 bridgehead atoms. The van der Waals surface area contributed by atoms with E-state index in [2.05, 4.69) is 35.3 Å². The van der Waals surface area contributed by atoms with Crippen LogP contribution in [0.3, 0.4) is 0 Å². The third-order valence-electron chi connectivity index (χ3n) is 3.44. The summed E-state index contributed by atoms with van der Waals surface area (Å²) in [6.07, 6.45) is 10.1. The molecule has 2 heterocycles. The molecule has 3 aromatic rings. The van der Waals surface area contributed by atoms with Crippen LogP contribution in [0.15, 0.2) is 41.2 Å². The van der Waals surface area contributed by atoms with Gasteiger partial charge in [-0.25, -0.2) is 4.98 Å². The Labute approximate surface area is 98.6 Å². The molecular weight excluding hydrogens is 210 g/mol. The van der Waals surface area contributed by atoms with Crippen LogP contribution in [0.2, 0.25) is 0 Å². The molecule has 4 rings (SSSR count). The molecule has 1 aliphatic rings. The molecule has 2 nitrogen and oxygen atoms in total. The van der Waals surface area contributed by atoms with Crippen molar-refractivity contribution in [3.63, 3.8) is 0 Å². The zero-order chi connectivity index (χ0) is 11.2. The Morgan fingerprint density at radius 3 is 3.12 bits per heavy atom. The number of allylic oxidation sites excluding steroid dienone is 1. The summed E-state index contributed by atoms with van der Waals surface area (Å²) in [4.78, 5) is 4.63. The van der Waals surface area contributed by atoms with Crippen LogP contribution in [-0.4, -0.2) is 4.98 Å². The van der Waals surface area contributed by atoms with Crippen molar-refractivity contribution in [3.05, 3.63) is 47.9 Å². The predicted octanol–water partition coefficient (Wildman–Crippen LogP) is 3.94. The van der Waals surface area contributed by atoms with Crippen molar-refractivity contribution < 1.29 is 4.42 Å². The minimum Gasteiger partial charge on any atom is -0.470 e. The van der Waals surface area contributed by atoms with Gasteiger partial charge in [-0.3, -0.25) is 0 Å². The van der Waals surface area contributed by atoms with E-state index < -0.39 is 0 Å². The smallest absolute Gasteiger partial charge is 0.117 e. The fraction of sp³-hybridized carbons (Fsp3) is 0.133. The van der Waals surface area contributed by atoms with Gasteiger partial charge in [0.2, 0.25) is 0 Å². The van der Waals surface area contributed by atoms with Gasteiger partial charge in [0.25, 0.3) is 0 Å². The molecule has 0 amide bonds. The van der Waals surface area contributed by atoms with Crippen molar-refractivity contribution in [2.24, 2.45) is 0 Å². The van der Waals surface area contributed by atoms with E-state index in [4.69, 9.17) is 4.42 Å². The Morgan fingerprint density at radius 1 is 1.12 bits per heavy atom. The van der Waals surface area contributed by atoms with Gasteiger partial charge in [0.15, 0.2) is 0 Å². The Hall–Kier alpha value is -2.09. The molecule has 17 heavy (non-hydrogen) atoms. The molecule has 0 saturated carbocycles. The number of benzene rings is 1. The van der Waals surface area contributed by atoms with Gasteiger partial charge in [-0.15, -0.1) is 0 Å². The zero-order valence-electron chi connectivity index (χ0n) is 9.31. The monoisotopic (exact) mass is 221 g/mol. The number of pyridine rings is 1. The van der Waals surface area contributed by atoms with E-state index in [1.807, 2.05) is 0 Å². The van der Waals surface area contributed by atoms with E-state index >= 15 is 0 Å². The molecule has 1 aliphatic carbocycles. The van der Waals surface area contributed by atoms with Gasteiger partial charge < -0.3 is 4.42 Å². The second-order valence-corrected chi connectivity index (χ2v) is 4.48. The first-order valence-corrected chi connectivity index (χ1v) is 5.87. The van der Waals surface area contributed by atoms with Gasteiger partial charge in [-0.05, 0) is 36.1 Å². The molecule has 0 saturated heterocycles. The molecular formula is C15H11NO. The standard InChI is InChI=1S/C15H11NO/c1-2-4-12-10(3-1)5-6-14-13(12)7-11-8-17-9-15(11)16-14/h1,3,5-9H,2,4H2. The summed E-state index contributed by atoms with van der Waals surface area (Å²) < 4.78 is 5.20.